The monoisotopic (exact) mass is 733 g/mol. The summed E-state index contributed by atoms with van der Waals surface area (Å²) in [5.41, 5.74) is 0.946. The summed E-state index contributed by atoms with van der Waals surface area (Å²) < 4.78 is 17.6. The van der Waals surface area contributed by atoms with Gasteiger partial charge in [-0.2, -0.15) is 0 Å². The number of nitrogens with one attached hydrogen (secondary N) is 1. The standard InChI is InChI=1S/C40H68N4O8/c1-13-27(6)36(42(8)9)38(47)41-34(25(2)3)39(48)43(10)35(26(4)5)32(50-11)23-33(46)44-21-17-20-31(44)37(51-12)28(7)40(49)52-30(24-45)22-29-18-15-14-16-19-29/h14-16,18-19,25-28,30-32,34-37,45H,13,17,20-24H2,1-12H3,(H,41,47). The predicted molar refractivity (Wildman–Crippen MR) is 202 cm³/mol. The number of benzene rings is 1. The number of rotatable bonds is 21. The maximum atomic E-state index is 14.2. The molecule has 9 unspecified atom stereocenters. The Morgan fingerprint density at radius 3 is 2.10 bits per heavy atom. The summed E-state index contributed by atoms with van der Waals surface area (Å²) in [6.07, 6.45) is 0.652. The van der Waals surface area contributed by atoms with Crippen LogP contribution in [0.2, 0.25) is 0 Å². The van der Waals surface area contributed by atoms with Gasteiger partial charge in [0.1, 0.15) is 12.1 Å². The Labute approximate surface area is 312 Å². The van der Waals surface area contributed by atoms with Gasteiger partial charge in [-0.3, -0.25) is 24.1 Å². The maximum Gasteiger partial charge on any atom is 0.311 e. The molecule has 9 atom stereocenters. The Morgan fingerprint density at radius 2 is 1.60 bits per heavy atom. The van der Waals surface area contributed by atoms with Crippen LogP contribution in [-0.4, -0.2) is 134 Å². The number of hydrogen-bond donors (Lipinski definition) is 2. The van der Waals surface area contributed by atoms with Crippen LogP contribution < -0.4 is 5.32 Å². The lowest BCUT2D eigenvalue weighted by atomic mass is 9.91. The van der Waals surface area contributed by atoms with E-state index in [2.05, 4.69) is 5.32 Å². The molecule has 1 aromatic carbocycles. The first-order valence-electron chi connectivity index (χ1n) is 19.0. The molecular weight excluding hydrogens is 664 g/mol. The highest BCUT2D eigenvalue weighted by Crippen LogP contribution is 2.30. The average molecular weight is 733 g/mol. The molecule has 296 valence electrons. The fraction of sp³-hybridized carbons (Fsp3) is 0.750. The number of nitrogens with zero attached hydrogens (tertiary/aromatic N) is 3. The van der Waals surface area contributed by atoms with E-state index in [4.69, 9.17) is 14.2 Å². The van der Waals surface area contributed by atoms with Crippen molar-refractivity contribution >= 4 is 23.7 Å². The molecule has 0 saturated carbocycles. The topological polar surface area (TPSA) is 138 Å². The molecule has 0 radical (unpaired) electrons. The molecule has 2 N–H and O–H groups in total. The molecule has 1 aliphatic heterocycles. The third-order valence-electron chi connectivity index (χ3n) is 10.7. The summed E-state index contributed by atoms with van der Waals surface area (Å²) in [6, 6.07) is 7.55. The van der Waals surface area contributed by atoms with Crippen molar-refractivity contribution in [2.75, 3.05) is 48.5 Å². The van der Waals surface area contributed by atoms with Gasteiger partial charge >= 0.3 is 5.97 Å². The minimum atomic E-state index is -0.761. The molecule has 1 saturated heterocycles. The SMILES string of the molecule is CCC(C)C(C(=O)NC(C(=O)N(C)C(C(C)C)C(CC(=O)N1CCCC1C(OC)C(C)C(=O)OC(CO)Cc1ccccc1)OC)C(C)C)N(C)C. The van der Waals surface area contributed by atoms with Crippen LogP contribution in [0.25, 0.3) is 0 Å². The first-order valence-corrected chi connectivity index (χ1v) is 19.0. The van der Waals surface area contributed by atoms with Crippen LogP contribution in [0, 0.1) is 23.7 Å². The number of esters is 1. The molecule has 12 nitrogen and oxygen atoms in total. The van der Waals surface area contributed by atoms with Gasteiger partial charge in [0.2, 0.25) is 17.7 Å². The van der Waals surface area contributed by atoms with Gasteiger partial charge in [0.15, 0.2) is 0 Å². The van der Waals surface area contributed by atoms with Gasteiger partial charge in [-0.25, -0.2) is 0 Å². The highest BCUT2D eigenvalue weighted by Gasteiger charge is 2.43. The van der Waals surface area contributed by atoms with Crippen molar-refractivity contribution in [2.24, 2.45) is 23.7 Å². The Balaban J connectivity index is 2.22. The zero-order valence-electron chi connectivity index (χ0n) is 33.8. The third-order valence-corrected chi connectivity index (χ3v) is 10.7. The van der Waals surface area contributed by atoms with E-state index in [1.165, 1.54) is 7.11 Å². The molecule has 0 spiro atoms. The Morgan fingerprint density at radius 1 is 0.962 bits per heavy atom. The molecular formula is C40H68N4O8. The number of likely N-dealkylation sites (N-methyl/N-ethyl adjacent to an activating group) is 2. The molecule has 0 aromatic heterocycles. The van der Waals surface area contributed by atoms with E-state index in [0.717, 1.165) is 18.4 Å². The smallest absolute Gasteiger partial charge is 0.311 e. The van der Waals surface area contributed by atoms with Crippen LogP contribution in [-0.2, 0) is 39.8 Å². The second-order valence-corrected chi connectivity index (χ2v) is 15.4. The molecule has 1 aromatic rings. The lowest BCUT2D eigenvalue weighted by Crippen LogP contribution is -2.59. The number of amides is 3. The summed E-state index contributed by atoms with van der Waals surface area (Å²) in [5, 5.41) is 13.0. The molecule has 12 heteroatoms. The van der Waals surface area contributed by atoms with Gasteiger partial charge in [0, 0.05) is 34.2 Å². The molecule has 3 amide bonds. The number of carbonyl (C=O) groups excluding carboxylic acids is 4. The van der Waals surface area contributed by atoms with Crippen molar-refractivity contribution in [3.63, 3.8) is 0 Å². The number of aliphatic hydroxyl groups excluding tert-OH is 1. The number of aliphatic hydroxyl groups is 1. The van der Waals surface area contributed by atoms with E-state index in [1.54, 1.807) is 30.9 Å². The second kappa shape index (κ2) is 21.6. The first kappa shape index (κ1) is 45.1. The van der Waals surface area contributed by atoms with E-state index in [-0.39, 0.29) is 60.6 Å². The van der Waals surface area contributed by atoms with Crippen LogP contribution in [0.3, 0.4) is 0 Å². The first-order chi connectivity index (χ1) is 24.5. The average Bonchev–Trinajstić information content (AvgIpc) is 3.59. The zero-order chi connectivity index (χ0) is 39.3. The Hall–Kier alpha value is -3.06. The van der Waals surface area contributed by atoms with E-state index in [1.807, 2.05) is 90.9 Å². The number of methoxy groups -OCH3 is 2. The number of likely N-dealkylation sites (tertiary alicyclic amines) is 1. The van der Waals surface area contributed by atoms with E-state index < -0.39 is 42.3 Å². The zero-order valence-corrected chi connectivity index (χ0v) is 33.8. The van der Waals surface area contributed by atoms with E-state index in [0.29, 0.717) is 19.4 Å². The molecule has 0 bridgehead atoms. The molecule has 2 rings (SSSR count). The van der Waals surface area contributed by atoms with Gasteiger partial charge in [-0.05, 0) is 57.2 Å². The summed E-state index contributed by atoms with van der Waals surface area (Å²) in [7, 11) is 8.54. The predicted octanol–water partition coefficient (Wildman–Crippen LogP) is 3.78. The largest absolute Gasteiger partial charge is 0.459 e. The molecule has 1 aliphatic rings. The molecule has 1 fully saturated rings. The Kier molecular flexibility index (Phi) is 18.7. The van der Waals surface area contributed by atoms with Crippen molar-refractivity contribution in [3.8, 4) is 0 Å². The summed E-state index contributed by atoms with van der Waals surface area (Å²) in [4.78, 5) is 60.4. The number of carbonyl (C=O) groups is 4. The van der Waals surface area contributed by atoms with Gasteiger partial charge in [-0.1, -0.05) is 78.3 Å². The Bertz CT molecular complexity index is 1260. The molecule has 52 heavy (non-hydrogen) atoms. The maximum absolute atomic E-state index is 14.2. The van der Waals surface area contributed by atoms with Crippen molar-refractivity contribution < 1.29 is 38.5 Å². The summed E-state index contributed by atoms with van der Waals surface area (Å²) in [6.45, 7) is 13.8. The normalized spacial score (nSPS) is 19.5. The number of hydrogen-bond acceptors (Lipinski definition) is 9. The fourth-order valence-electron chi connectivity index (χ4n) is 7.67. The second-order valence-electron chi connectivity index (χ2n) is 15.4. The van der Waals surface area contributed by atoms with Crippen molar-refractivity contribution in [2.45, 2.75) is 123 Å². The summed E-state index contributed by atoms with van der Waals surface area (Å²) in [5.74, 6) is -1.93. The van der Waals surface area contributed by atoms with Crippen molar-refractivity contribution in [1.82, 2.24) is 20.0 Å². The van der Waals surface area contributed by atoms with Crippen molar-refractivity contribution in [3.05, 3.63) is 35.9 Å². The van der Waals surface area contributed by atoms with E-state index >= 15 is 0 Å². The minimum Gasteiger partial charge on any atom is -0.459 e. The van der Waals surface area contributed by atoms with Crippen LogP contribution >= 0.6 is 0 Å². The highest BCUT2D eigenvalue weighted by atomic mass is 16.6. The minimum absolute atomic E-state index is 0.0157. The number of ether oxygens (including phenoxy) is 3. The third kappa shape index (κ3) is 12.0. The lowest BCUT2D eigenvalue weighted by molar-refractivity contribution is -0.163. The fourth-order valence-corrected chi connectivity index (χ4v) is 7.67. The van der Waals surface area contributed by atoms with E-state index in [9.17, 15) is 24.3 Å². The molecule has 1 heterocycles. The van der Waals surface area contributed by atoms with Crippen molar-refractivity contribution in [1.29, 1.82) is 0 Å². The van der Waals surface area contributed by atoms with Crippen LogP contribution in [0.15, 0.2) is 30.3 Å². The van der Waals surface area contributed by atoms with Gasteiger partial charge < -0.3 is 34.4 Å². The van der Waals surface area contributed by atoms with Crippen LogP contribution in [0.1, 0.15) is 79.7 Å². The lowest BCUT2D eigenvalue weighted by Gasteiger charge is -2.40. The highest BCUT2D eigenvalue weighted by molar-refractivity contribution is 5.90. The van der Waals surface area contributed by atoms with Crippen LogP contribution in [0.4, 0.5) is 0 Å². The van der Waals surface area contributed by atoms with Crippen LogP contribution in [0.5, 0.6) is 0 Å². The van der Waals surface area contributed by atoms with Gasteiger partial charge in [0.05, 0.1) is 49.3 Å². The molecule has 0 aliphatic carbocycles. The van der Waals surface area contributed by atoms with Gasteiger partial charge in [0.25, 0.3) is 0 Å². The van der Waals surface area contributed by atoms with Gasteiger partial charge in [-0.15, -0.1) is 0 Å². The quantitative estimate of drug-likeness (QED) is 0.181. The summed E-state index contributed by atoms with van der Waals surface area (Å²) >= 11 is 0.